The van der Waals surface area contributed by atoms with Gasteiger partial charge < -0.3 is 5.32 Å². The second-order valence-corrected chi connectivity index (χ2v) is 7.53. The third-order valence-electron chi connectivity index (χ3n) is 2.23. The van der Waals surface area contributed by atoms with Crippen LogP contribution in [-0.2, 0) is 9.84 Å². The molecule has 3 nitrogen and oxygen atoms in total. The van der Waals surface area contributed by atoms with Crippen molar-refractivity contribution in [2.24, 2.45) is 0 Å². The summed E-state index contributed by atoms with van der Waals surface area (Å²) in [5, 5.41) is 2.91. The lowest BCUT2D eigenvalue weighted by Gasteiger charge is -2.08. The number of rotatable bonds is 9. The van der Waals surface area contributed by atoms with Crippen LogP contribution in [0.25, 0.3) is 0 Å². The molecule has 0 spiro atoms. The first-order chi connectivity index (χ1) is 7.00. The van der Waals surface area contributed by atoms with Crippen molar-refractivity contribution in [3.05, 3.63) is 0 Å². The fourth-order valence-corrected chi connectivity index (χ4v) is 2.46. The molecule has 0 heterocycles. The highest BCUT2D eigenvalue weighted by Crippen LogP contribution is 2.00. The summed E-state index contributed by atoms with van der Waals surface area (Å²) in [4.78, 5) is 0. The maximum atomic E-state index is 11.4. The lowest BCUT2D eigenvalue weighted by atomic mass is 10.3. The van der Waals surface area contributed by atoms with E-state index in [-0.39, 0.29) is 11.0 Å². The lowest BCUT2D eigenvalue weighted by molar-refractivity contribution is 0.580. The van der Waals surface area contributed by atoms with E-state index in [9.17, 15) is 8.42 Å². The normalized spacial score (nSPS) is 12.3. The molecule has 0 amide bonds. The van der Waals surface area contributed by atoms with Crippen LogP contribution in [0.3, 0.4) is 0 Å². The standard InChI is InChI=1S/C10H23NO2S2/c1-10(2)15(12,13)9-7-11-6-4-5-8-14-3/h10-11H,4-9H2,1-3H3. The fraction of sp³-hybridized carbons (Fsp3) is 1.00. The van der Waals surface area contributed by atoms with Crippen molar-refractivity contribution in [2.75, 3.05) is 30.9 Å². The van der Waals surface area contributed by atoms with Gasteiger partial charge in [0.05, 0.1) is 11.0 Å². The quantitative estimate of drug-likeness (QED) is 0.633. The minimum Gasteiger partial charge on any atom is -0.316 e. The Bertz CT molecular complexity index is 238. The molecule has 0 bridgehead atoms. The van der Waals surface area contributed by atoms with Crippen LogP contribution in [0.4, 0.5) is 0 Å². The van der Waals surface area contributed by atoms with Crippen LogP contribution < -0.4 is 5.32 Å². The molecule has 0 saturated carbocycles. The van der Waals surface area contributed by atoms with E-state index in [4.69, 9.17) is 0 Å². The van der Waals surface area contributed by atoms with Crippen molar-refractivity contribution < 1.29 is 8.42 Å². The number of hydrogen-bond donors (Lipinski definition) is 1. The van der Waals surface area contributed by atoms with Gasteiger partial charge in [-0.3, -0.25) is 0 Å². The second kappa shape index (κ2) is 8.42. The van der Waals surface area contributed by atoms with Crippen molar-refractivity contribution in [3.63, 3.8) is 0 Å². The monoisotopic (exact) mass is 253 g/mol. The molecule has 0 rings (SSSR count). The molecule has 0 unspecified atom stereocenters. The Kier molecular flexibility index (Phi) is 8.56. The van der Waals surface area contributed by atoms with E-state index in [1.807, 2.05) is 11.8 Å². The molecule has 0 aromatic heterocycles. The maximum Gasteiger partial charge on any atom is 0.153 e. The van der Waals surface area contributed by atoms with E-state index in [0.717, 1.165) is 13.0 Å². The van der Waals surface area contributed by atoms with Crippen LogP contribution >= 0.6 is 11.8 Å². The molecule has 0 saturated heterocycles. The summed E-state index contributed by atoms with van der Waals surface area (Å²) in [6.07, 6.45) is 4.43. The largest absolute Gasteiger partial charge is 0.316 e. The van der Waals surface area contributed by atoms with E-state index in [0.29, 0.717) is 6.54 Å². The van der Waals surface area contributed by atoms with Gasteiger partial charge in [0, 0.05) is 6.54 Å². The third-order valence-corrected chi connectivity index (χ3v) is 5.14. The zero-order valence-electron chi connectivity index (χ0n) is 9.95. The van der Waals surface area contributed by atoms with Gasteiger partial charge in [0.1, 0.15) is 0 Å². The highest BCUT2D eigenvalue weighted by atomic mass is 32.2. The lowest BCUT2D eigenvalue weighted by Crippen LogP contribution is -2.27. The van der Waals surface area contributed by atoms with E-state index in [2.05, 4.69) is 11.6 Å². The smallest absolute Gasteiger partial charge is 0.153 e. The van der Waals surface area contributed by atoms with Gasteiger partial charge in [-0.2, -0.15) is 11.8 Å². The molecule has 0 aliphatic rings. The number of nitrogens with one attached hydrogen (secondary N) is 1. The molecule has 5 heteroatoms. The van der Waals surface area contributed by atoms with Crippen LogP contribution in [-0.4, -0.2) is 44.5 Å². The fourth-order valence-electron chi connectivity index (χ4n) is 1.07. The maximum absolute atomic E-state index is 11.4. The molecule has 0 aromatic carbocycles. The molecular formula is C10H23NO2S2. The van der Waals surface area contributed by atoms with Gasteiger partial charge in [0.15, 0.2) is 9.84 Å². The minimum atomic E-state index is -2.86. The molecule has 0 fully saturated rings. The summed E-state index contributed by atoms with van der Waals surface area (Å²) in [5.74, 6) is 1.44. The van der Waals surface area contributed by atoms with Gasteiger partial charge in [-0.25, -0.2) is 8.42 Å². The van der Waals surface area contributed by atoms with Gasteiger partial charge in [0.25, 0.3) is 0 Å². The van der Waals surface area contributed by atoms with Crippen molar-refractivity contribution in [3.8, 4) is 0 Å². The Morgan fingerprint density at radius 1 is 1.20 bits per heavy atom. The van der Waals surface area contributed by atoms with Crippen LogP contribution in [0.5, 0.6) is 0 Å². The summed E-state index contributed by atoms with van der Waals surface area (Å²) in [6.45, 7) is 4.97. The van der Waals surface area contributed by atoms with Crippen LogP contribution in [0.1, 0.15) is 26.7 Å². The number of hydrogen-bond acceptors (Lipinski definition) is 4. The van der Waals surface area contributed by atoms with Gasteiger partial charge in [0.2, 0.25) is 0 Å². The SMILES string of the molecule is CSCCCCNCCS(=O)(=O)C(C)C. The number of sulfone groups is 1. The predicted octanol–water partition coefficient (Wildman–Crippen LogP) is 1.54. The van der Waals surface area contributed by atoms with Gasteiger partial charge in [-0.15, -0.1) is 0 Å². The molecule has 0 aliphatic heterocycles. The molecular weight excluding hydrogens is 230 g/mol. The molecule has 0 aliphatic carbocycles. The highest BCUT2D eigenvalue weighted by Gasteiger charge is 2.14. The summed E-state index contributed by atoms with van der Waals surface area (Å²) < 4.78 is 22.8. The molecule has 0 aromatic rings. The summed E-state index contributed by atoms with van der Waals surface area (Å²) in [7, 11) is -2.86. The number of thioether (sulfide) groups is 1. The Morgan fingerprint density at radius 3 is 2.40 bits per heavy atom. The summed E-state index contributed by atoms with van der Waals surface area (Å²) in [6, 6.07) is 0. The Hall–Kier alpha value is 0.260. The Balaban J connectivity index is 3.39. The first kappa shape index (κ1) is 15.3. The summed E-state index contributed by atoms with van der Waals surface area (Å²) in [5.41, 5.74) is 0. The van der Waals surface area contributed by atoms with Crippen molar-refractivity contribution in [2.45, 2.75) is 31.9 Å². The van der Waals surface area contributed by atoms with Crippen molar-refractivity contribution >= 4 is 21.6 Å². The molecule has 0 atom stereocenters. The first-order valence-electron chi connectivity index (χ1n) is 5.42. The van der Waals surface area contributed by atoms with E-state index < -0.39 is 9.84 Å². The highest BCUT2D eigenvalue weighted by molar-refractivity contribution is 7.98. The zero-order valence-corrected chi connectivity index (χ0v) is 11.6. The zero-order chi connectivity index (χ0) is 11.7. The second-order valence-electron chi connectivity index (χ2n) is 3.87. The van der Waals surface area contributed by atoms with Crippen LogP contribution in [0, 0.1) is 0 Å². The van der Waals surface area contributed by atoms with Gasteiger partial charge in [-0.05, 0) is 45.2 Å². The molecule has 15 heavy (non-hydrogen) atoms. The molecule has 1 N–H and O–H groups in total. The van der Waals surface area contributed by atoms with E-state index in [1.54, 1.807) is 13.8 Å². The average molecular weight is 253 g/mol. The third kappa shape index (κ3) is 8.11. The molecule has 0 radical (unpaired) electrons. The Morgan fingerprint density at radius 2 is 1.87 bits per heavy atom. The average Bonchev–Trinajstić information content (AvgIpc) is 2.16. The number of unbranched alkanes of at least 4 members (excludes halogenated alkanes) is 1. The van der Waals surface area contributed by atoms with E-state index >= 15 is 0 Å². The topological polar surface area (TPSA) is 46.2 Å². The predicted molar refractivity (Wildman–Crippen MR) is 69.4 cm³/mol. The van der Waals surface area contributed by atoms with Crippen LogP contribution in [0.2, 0.25) is 0 Å². The van der Waals surface area contributed by atoms with Crippen LogP contribution in [0.15, 0.2) is 0 Å². The van der Waals surface area contributed by atoms with Gasteiger partial charge >= 0.3 is 0 Å². The van der Waals surface area contributed by atoms with Gasteiger partial charge in [-0.1, -0.05) is 0 Å². The first-order valence-corrected chi connectivity index (χ1v) is 8.53. The van der Waals surface area contributed by atoms with E-state index in [1.165, 1.54) is 12.2 Å². The Labute approximate surface area is 98.3 Å². The molecule has 92 valence electrons. The summed E-state index contributed by atoms with van der Waals surface area (Å²) >= 11 is 1.85. The van der Waals surface area contributed by atoms with Crippen molar-refractivity contribution in [1.82, 2.24) is 5.32 Å². The minimum absolute atomic E-state index is 0.254. The van der Waals surface area contributed by atoms with Crippen molar-refractivity contribution in [1.29, 1.82) is 0 Å².